The van der Waals surface area contributed by atoms with Crippen LogP contribution in [0.1, 0.15) is 22.8 Å². The SMILES string of the molecule is CCOC(=O)c1ccc(NC(=O)CN(c2cccc(C(F)(F)F)c2)S(=O)(=O)c2ccc(OC)c(OC)c2)c(Cl)c1. The van der Waals surface area contributed by atoms with E-state index in [1.165, 1.54) is 44.6 Å². The molecule has 0 fully saturated rings. The molecule has 0 atom stereocenters. The Morgan fingerprint density at radius 1 is 0.975 bits per heavy atom. The molecule has 0 heterocycles. The first kappa shape index (κ1) is 30.6. The van der Waals surface area contributed by atoms with Gasteiger partial charge in [0, 0.05) is 6.07 Å². The molecule has 0 aromatic heterocycles. The van der Waals surface area contributed by atoms with Gasteiger partial charge in [-0.15, -0.1) is 0 Å². The lowest BCUT2D eigenvalue weighted by atomic mass is 10.2. The maximum Gasteiger partial charge on any atom is 0.416 e. The minimum atomic E-state index is -4.77. The average Bonchev–Trinajstić information content (AvgIpc) is 2.92. The van der Waals surface area contributed by atoms with Crippen molar-refractivity contribution in [3.8, 4) is 11.5 Å². The summed E-state index contributed by atoms with van der Waals surface area (Å²) in [5.74, 6) is -1.30. The number of rotatable bonds is 10. The van der Waals surface area contributed by atoms with Gasteiger partial charge in [0.25, 0.3) is 10.0 Å². The van der Waals surface area contributed by atoms with Gasteiger partial charge in [-0.1, -0.05) is 17.7 Å². The molecule has 0 aliphatic rings. The summed E-state index contributed by atoms with van der Waals surface area (Å²) in [6, 6.07) is 11.0. The maximum absolute atomic E-state index is 13.7. The number of hydrogen-bond acceptors (Lipinski definition) is 7. The molecule has 0 bridgehead atoms. The van der Waals surface area contributed by atoms with E-state index in [2.05, 4.69) is 5.32 Å². The molecule has 9 nitrogen and oxygen atoms in total. The van der Waals surface area contributed by atoms with Crippen molar-refractivity contribution >= 4 is 44.9 Å². The number of amides is 1. The van der Waals surface area contributed by atoms with Crippen molar-refractivity contribution in [1.29, 1.82) is 0 Å². The van der Waals surface area contributed by atoms with E-state index in [4.69, 9.17) is 25.8 Å². The van der Waals surface area contributed by atoms with Crippen LogP contribution >= 0.6 is 11.6 Å². The number of methoxy groups -OCH3 is 2. The molecule has 40 heavy (non-hydrogen) atoms. The maximum atomic E-state index is 13.7. The number of halogens is 4. The van der Waals surface area contributed by atoms with Crippen molar-refractivity contribution in [3.05, 3.63) is 76.8 Å². The first-order chi connectivity index (χ1) is 18.8. The van der Waals surface area contributed by atoms with E-state index in [0.717, 1.165) is 24.3 Å². The number of nitrogens with zero attached hydrogens (tertiary/aromatic N) is 1. The lowest BCUT2D eigenvalue weighted by Crippen LogP contribution is -2.38. The summed E-state index contributed by atoms with van der Waals surface area (Å²) >= 11 is 6.18. The minimum Gasteiger partial charge on any atom is -0.493 e. The summed E-state index contributed by atoms with van der Waals surface area (Å²) in [4.78, 5) is 24.6. The first-order valence-corrected chi connectivity index (χ1v) is 13.3. The van der Waals surface area contributed by atoms with Gasteiger partial charge in [0.15, 0.2) is 11.5 Å². The lowest BCUT2D eigenvalue weighted by molar-refractivity contribution is -0.137. The largest absolute Gasteiger partial charge is 0.493 e. The molecule has 14 heteroatoms. The number of anilines is 2. The summed E-state index contributed by atoms with van der Waals surface area (Å²) in [6.07, 6.45) is -4.77. The number of ether oxygens (including phenoxy) is 3. The second kappa shape index (κ2) is 12.5. The van der Waals surface area contributed by atoms with E-state index in [9.17, 15) is 31.2 Å². The van der Waals surface area contributed by atoms with Crippen molar-refractivity contribution in [1.82, 2.24) is 0 Å². The molecule has 1 amide bonds. The van der Waals surface area contributed by atoms with Crippen LogP contribution in [-0.4, -0.2) is 47.7 Å². The number of esters is 1. The third-order valence-electron chi connectivity index (χ3n) is 5.45. The van der Waals surface area contributed by atoms with E-state index in [1.807, 2.05) is 0 Å². The third-order valence-corrected chi connectivity index (χ3v) is 7.53. The van der Waals surface area contributed by atoms with Gasteiger partial charge in [0.1, 0.15) is 6.54 Å². The molecule has 0 aliphatic heterocycles. The molecule has 3 aromatic carbocycles. The number of nitrogens with one attached hydrogen (secondary N) is 1. The molecule has 3 rings (SSSR count). The second-order valence-electron chi connectivity index (χ2n) is 8.04. The highest BCUT2D eigenvalue weighted by Gasteiger charge is 2.33. The van der Waals surface area contributed by atoms with Crippen molar-refractivity contribution in [2.24, 2.45) is 0 Å². The van der Waals surface area contributed by atoms with E-state index in [1.54, 1.807) is 6.92 Å². The standard InChI is InChI=1S/C26H24ClF3N2O7S/c1-4-39-25(34)16-8-10-21(20(27)12-16)31-24(33)15-32(18-7-5-6-17(13-18)26(28,29)30)40(35,36)19-9-11-22(37-2)23(14-19)38-3/h5-14H,4,15H2,1-3H3,(H,31,33). The predicted octanol–water partition coefficient (Wildman–Crippen LogP) is 5.39. The minimum absolute atomic E-state index is 0.0345. The van der Waals surface area contributed by atoms with Crippen LogP contribution in [0.25, 0.3) is 0 Å². The van der Waals surface area contributed by atoms with E-state index in [0.29, 0.717) is 10.4 Å². The summed E-state index contributed by atoms with van der Waals surface area (Å²) in [7, 11) is -2.00. The van der Waals surface area contributed by atoms with Gasteiger partial charge in [-0.2, -0.15) is 13.2 Å². The molecule has 214 valence electrons. The van der Waals surface area contributed by atoms with Gasteiger partial charge in [0.2, 0.25) is 5.91 Å². The summed E-state index contributed by atoms with van der Waals surface area (Å²) in [5, 5.41) is 2.37. The predicted molar refractivity (Wildman–Crippen MR) is 142 cm³/mol. The van der Waals surface area contributed by atoms with Gasteiger partial charge >= 0.3 is 12.1 Å². The van der Waals surface area contributed by atoms with Crippen LogP contribution in [0.4, 0.5) is 24.5 Å². The smallest absolute Gasteiger partial charge is 0.416 e. The molecule has 0 spiro atoms. The Hall–Kier alpha value is -3.97. The molecular formula is C26H24ClF3N2O7S. The molecular weight excluding hydrogens is 577 g/mol. The van der Waals surface area contributed by atoms with Crippen molar-refractivity contribution in [2.75, 3.05) is 37.0 Å². The van der Waals surface area contributed by atoms with Crippen LogP contribution < -0.4 is 19.1 Å². The fraction of sp³-hybridized carbons (Fsp3) is 0.231. The highest BCUT2D eigenvalue weighted by Crippen LogP contribution is 2.35. The molecule has 0 saturated heterocycles. The zero-order valence-electron chi connectivity index (χ0n) is 21.4. The van der Waals surface area contributed by atoms with Gasteiger partial charge in [0.05, 0.1) is 53.2 Å². The summed E-state index contributed by atoms with van der Waals surface area (Å²) in [6.45, 7) is 0.836. The Labute approximate surface area is 233 Å². The van der Waals surface area contributed by atoms with Crippen LogP contribution in [-0.2, 0) is 25.7 Å². The monoisotopic (exact) mass is 600 g/mol. The molecule has 0 radical (unpaired) electrons. The van der Waals surface area contributed by atoms with Crippen LogP contribution in [0, 0.1) is 0 Å². The average molecular weight is 601 g/mol. The Morgan fingerprint density at radius 2 is 1.68 bits per heavy atom. The van der Waals surface area contributed by atoms with Crippen molar-refractivity contribution < 1.29 is 45.4 Å². The fourth-order valence-corrected chi connectivity index (χ4v) is 5.19. The van der Waals surface area contributed by atoms with Gasteiger partial charge in [-0.05, 0) is 55.5 Å². The Balaban J connectivity index is 2.01. The molecule has 0 aliphatic carbocycles. The first-order valence-electron chi connectivity index (χ1n) is 11.5. The topological polar surface area (TPSA) is 111 Å². The van der Waals surface area contributed by atoms with Gasteiger partial charge in [-0.25, -0.2) is 13.2 Å². The zero-order valence-corrected chi connectivity index (χ0v) is 23.0. The van der Waals surface area contributed by atoms with Crippen LogP contribution in [0.2, 0.25) is 5.02 Å². The molecule has 3 aromatic rings. The Kier molecular flexibility index (Phi) is 9.53. The number of hydrogen-bond donors (Lipinski definition) is 1. The highest BCUT2D eigenvalue weighted by molar-refractivity contribution is 7.92. The normalized spacial score (nSPS) is 11.5. The van der Waals surface area contributed by atoms with Crippen molar-refractivity contribution in [3.63, 3.8) is 0 Å². The number of sulfonamides is 1. The molecule has 0 saturated carbocycles. The Morgan fingerprint density at radius 3 is 2.27 bits per heavy atom. The number of carbonyl (C=O) groups is 2. The van der Waals surface area contributed by atoms with Crippen LogP contribution in [0.15, 0.2) is 65.6 Å². The second-order valence-corrected chi connectivity index (χ2v) is 10.3. The number of carbonyl (C=O) groups excluding carboxylic acids is 2. The van der Waals surface area contributed by atoms with Gasteiger partial charge in [-0.3, -0.25) is 9.10 Å². The van der Waals surface area contributed by atoms with E-state index >= 15 is 0 Å². The molecule has 0 unspecified atom stereocenters. The quantitative estimate of drug-likeness (QED) is 0.311. The number of alkyl halides is 3. The van der Waals surface area contributed by atoms with Crippen molar-refractivity contribution in [2.45, 2.75) is 18.0 Å². The van der Waals surface area contributed by atoms with Gasteiger partial charge < -0.3 is 19.5 Å². The van der Waals surface area contributed by atoms with Crippen LogP contribution in [0.3, 0.4) is 0 Å². The molecule has 1 N–H and O–H groups in total. The fourth-order valence-electron chi connectivity index (χ4n) is 3.53. The summed E-state index contributed by atoms with van der Waals surface area (Å²) in [5.41, 5.74) is -1.38. The van der Waals surface area contributed by atoms with E-state index < -0.39 is 45.9 Å². The highest BCUT2D eigenvalue weighted by atomic mass is 35.5. The Bertz CT molecular complexity index is 1510. The third kappa shape index (κ3) is 6.96. The zero-order chi connectivity index (χ0) is 29.7. The van der Waals surface area contributed by atoms with E-state index in [-0.39, 0.29) is 39.3 Å². The van der Waals surface area contributed by atoms with Crippen LogP contribution in [0.5, 0.6) is 11.5 Å². The number of benzene rings is 3. The summed E-state index contributed by atoms with van der Waals surface area (Å²) < 4.78 is 83.4. The lowest BCUT2D eigenvalue weighted by Gasteiger charge is -2.25.